The molecule has 1 saturated heterocycles. The first-order chi connectivity index (χ1) is 14.5. The van der Waals surface area contributed by atoms with E-state index in [1.807, 2.05) is 38.4 Å². The SMILES string of the molecule is COc1ccc(-c2nc(CN3CCCCC3c3nccn3C)c(C)o2)c(OC)c1C. The summed E-state index contributed by atoms with van der Waals surface area (Å²) in [5.74, 6) is 4.04. The molecule has 3 heterocycles. The summed E-state index contributed by atoms with van der Waals surface area (Å²) in [4.78, 5) is 11.9. The summed E-state index contributed by atoms with van der Waals surface area (Å²) >= 11 is 0. The van der Waals surface area contributed by atoms with Crippen LogP contribution >= 0.6 is 0 Å². The van der Waals surface area contributed by atoms with Gasteiger partial charge < -0.3 is 18.5 Å². The normalized spacial score (nSPS) is 17.3. The molecule has 0 amide bonds. The van der Waals surface area contributed by atoms with Crippen molar-refractivity contribution in [2.75, 3.05) is 20.8 Å². The van der Waals surface area contributed by atoms with Crippen LogP contribution in [0, 0.1) is 13.8 Å². The fourth-order valence-corrected chi connectivity index (χ4v) is 4.38. The maximum Gasteiger partial charge on any atom is 0.230 e. The first-order valence-corrected chi connectivity index (χ1v) is 10.4. The van der Waals surface area contributed by atoms with Crippen LogP contribution in [-0.2, 0) is 13.6 Å². The summed E-state index contributed by atoms with van der Waals surface area (Å²) < 4.78 is 19.3. The Hall–Kier alpha value is -2.80. The number of hydrogen-bond acceptors (Lipinski definition) is 6. The summed E-state index contributed by atoms with van der Waals surface area (Å²) in [6.45, 7) is 5.73. The van der Waals surface area contributed by atoms with Crippen LogP contribution in [-0.4, -0.2) is 40.2 Å². The van der Waals surface area contributed by atoms with Gasteiger partial charge in [0, 0.05) is 31.5 Å². The van der Waals surface area contributed by atoms with Gasteiger partial charge in [-0.2, -0.15) is 0 Å². The molecule has 0 aliphatic carbocycles. The number of rotatable bonds is 6. The Balaban J connectivity index is 1.63. The van der Waals surface area contributed by atoms with Gasteiger partial charge in [0.1, 0.15) is 23.1 Å². The van der Waals surface area contributed by atoms with Gasteiger partial charge >= 0.3 is 0 Å². The maximum atomic E-state index is 6.08. The molecular weight excluding hydrogens is 380 g/mol. The molecule has 160 valence electrons. The number of oxazole rings is 1. The standard InChI is InChI=1S/C23H30N4O3/c1-15-20(28-4)10-9-17(21(15)29-5)23-25-18(16(2)30-23)14-27-12-7-6-8-19(27)22-24-11-13-26(22)3/h9-11,13,19H,6-8,12,14H2,1-5H3. The van der Waals surface area contributed by atoms with Gasteiger partial charge in [0.15, 0.2) is 0 Å². The molecule has 1 unspecified atom stereocenters. The number of ether oxygens (including phenoxy) is 2. The molecule has 1 fully saturated rings. The Morgan fingerprint density at radius 3 is 2.70 bits per heavy atom. The minimum atomic E-state index is 0.302. The molecule has 7 heteroatoms. The maximum absolute atomic E-state index is 6.08. The van der Waals surface area contributed by atoms with E-state index < -0.39 is 0 Å². The number of benzene rings is 1. The fraction of sp³-hybridized carbons (Fsp3) is 0.478. The number of aromatic nitrogens is 3. The molecule has 1 aliphatic heterocycles. The summed E-state index contributed by atoms with van der Waals surface area (Å²) in [5.41, 5.74) is 2.73. The molecular formula is C23H30N4O3. The van der Waals surface area contributed by atoms with Crippen molar-refractivity contribution in [1.29, 1.82) is 0 Å². The third kappa shape index (κ3) is 3.69. The largest absolute Gasteiger partial charge is 0.496 e. The first kappa shape index (κ1) is 20.5. The Labute approximate surface area is 177 Å². The number of nitrogens with zero attached hydrogens (tertiary/aromatic N) is 4. The van der Waals surface area contributed by atoms with Gasteiger partial charge in [-0.3, -0.25) is 4.90 Å². The van der Waals surface area contributed by atoms with Crippen LogP contribution in [0.1, 0.15) is 48.1 Å². The quantitative estimate of drug-likeness (QED) is 0.599. The number of methoxy groups -OCH3 is 2. The minimum absolute atomic E-state index is 0.302. The van der Waals surface area contributed by atoms with Crippen molar-refractivity contribution in [3.05, 3.63) is 47.4 Å². The second kappa shape index (κ2) is 8.52. The lowest BCUT2D eigenvalue weighted by Gasteiger charge is -2.34. The zero-order chi connectivity index (χ0) is 21.3. The Bertz CT molecular complexity index is 1020. The van der Waals surface area contributed by atoms with Gasteiger partial charge in [0.25, 0.3) is 0 Å². The number of aryl methyl sites for hydroxylation is 2. The van der Waals surface area contributed by atoms with Crippen molar-refractivity contribution in [1.82, 2.24) is 19.4 Å². The van der Waals surface area contributed by atoms with Crippen LogP contribution in [0.3, 0.4) is 0 Å². The fourth-order valence-electron chi connectivity index (χ4n) is 4.38. The van der Waals surface area contributed by atoms with E-state index in [0.29, 0.717) is 11.9 Å². The van der Waals surface area contributed by atoms with Crippen LogP contribution in [0.25, 0.3) is 11.5 Å². The Kier molecular flexibility index (Phi) is 5.81. The zero-order valence-electron chi connectivity index (χ0n) is 18.4. The second-order valence-electron chi connectivity index (χ2n) is 7.87. The predicted molar refractivity (Wildman–Crippen MR) is 115 cm³/mol. The highest BCUT2D eigenvalue weighted by Crippen LogP contribution is 2.38. The lowest BCUT2D eigenvalue weighted by atomic mass is 10.0. The summed E-state index contributed by atoms with van der Waals surface area (Å²) in [7, 11) is 5.38. The number of hydrogen-bond donors (Lipinski definition) is 0. The van der Waals surface area contributed by atoms with Crippen molar-refractivity contribution < 1.29 is 13.9 Å². The summed E-state index contributed by atoms with van der Waals surface area (Å²) in [6.07, 6.45) is 7.41. The molecule has 0 saturated carbocycles. The monoisotopic (exact) mass is 410 g/mol. The van der Waals surface area contributed by atoms with Gasteiger partial charge in [0.05, 0.1) is 31.5 Å². The van der Waals surface area contributed by atoms with Crippen molar-refractivity contribution in [3.8, 4) is 23.0 Å². The average molecular weight is 411 g/mol. The highest BCUT2D eigenvalue weighted by molar-refractivity contribution is 5.68. The molecule has 1 atom stereocenters. The Morgan fingerprint density at radius 2 is 2.00 bits per heavy atom. The zero-order valence-corrected chi connectivity index (χ0v) is 18.4. The van der Waals surface area contributed by atoms with Gasteiger partial charge in [-0.25, -0.2) is 9.97 Å². The lowest BCUT2D eigenvalue weighted by molar-refractivity contribution is 0.129. The highest BCUT2D eigenvalue weighted by Gasteiger charge is 2.28. The van der Waals surface area contributed by atoms with Crippen molar-refractivity contribution in [3.63, 3.8) is 0 Å². The van der Waals surface area contributed by atoms with E-state index in [1.165, 1.54) is 12.8 Å². The molecule has 2 aromatic heterocycles. The molecule has 30 heavy (non-hydrogen) atoms. The molecule has 0 N–H and O–H groups in total. The van der Waals surface area contributed by atoms with Crippen LogP contribution in [0.4, 0.5) is 0 Å². The van der Waals surface area contributed by atoms with E-state index in [2.05, 4.69) is 21.5 Å². The van der Waals surface area contributed by atoms with Gasteiger partial charge in [-0.1, -0.05) is 6.42 Å². The third-order valence-electron chi connectivity index (χ3n) is 6.03. The molecule has 4 rings (SSSR count). The highest BCUT2D eigenvalue weighted by atomic mass is 16.5. The van der Waals surface area contributed by atoms with Crippen molar-refractivity contribution in [2.45, 2.75) is 45.7 Å². The van der Waals surface area contributed by atoms with Gasteiger partial charge in [0.2, 0.25) is 5.89 Å². The molecule has 1 aliphatic rings. The van der Waals surface area contributed by atoms with Gasteiger partial charge in [-0.15, -0.1) is 0 Å². The van der Waals surface area contributed by atoms with Crippen molar-refractivity contribution in [2.24, 2.45) is 7.05 Å². The molecule has 3 aromatic rings. The topological polar surface area (TPSA) is 65.5 Å². The van der Waals surface area contributed by atoms with E-state index in [1.54, 1.807) is 14.2 Å². The van der Waals surface area contributed by atoms with Gasteiger partial charge in [-0.05, 0) is 45.4 Å². The molecule has 0 bridgehead atoms. The predicted octanol–water partition coefficient (Wildman–Crippen LogP) is 4.44. The van der Waals surface area contributed by atoms with Crippen LogP contribution in [0.15, 0.2) is 28.9 Å². The summed E-state index contributed by atoms with van der Waals surface area (Å²) in [6, 6.07) is 4.17. The second-order valence-corrected chi connectivity index (χ2v) is 7.87. The molecule has 0 spiro atoms. The van der Waals surface area contributed by atoms with E-state index in [-0.39, 0.29) is 0 Å². The van der Waals surface area contributed by atoms with E-state index >= 15 is 0 Å². The minimum Gasteiger partial charge on any atom is -0.496 e. The molecule has 1 aromatic carbocycles. The number of imidazole rings is 1. The van der Waals surface area contributed by atoms with E-state index in [0.717, 1.165) is 59.4 Å². The van der Waals surface area contributed by atoms with Crippen LogP contribution in [0.5, 0.6) is 11.5 Å². The van der Waals surface area contributed by atoms with E-state index in [9.17, 15) is 0 Å². The smallest absolute Gasteiger partial charge is 0.230 e. The van der Waals surface area contributed by atoms with Crippen LogP contribution < -0.4 is 9.47 Å². The van der Waals surface area contributed by atoms with Crippen LogP contribution in [0.2, 0.25) is 0 Å². The lowest BCUT2D eigenvalue weighted by Crippen LogP contribution is -2.34. The number of piperidine rings is 1. The average Bonchev–Trinajstić information content (AvgIpc) is 3.33. The first-order valence-electron chi connectivity index (χ1n) is 10.4. The number of likely N-dealkylation sites (tertiary alicyclic amines) is 1. The Morgan fingerprint density at radius 1 is 1.17 bits per heavy atom. The molecule has 7 nitrogen and oxygen atoms in total. The molecule has 0 radical (unpaired) electrons. The third-order valence-corrected chi connectivity index (χ3v) is 6.03. The van der Waals surface area contributed by atoms with Crippen molar-refractivity contribution >= 4 is 0 Å². The van der Waals surface area contributed by atoms with E-state index in [4.69, 9.17) is 18.9 Å². The summed E-state index contributed by atoms with van der Waals surface area (Å²) in [5, 5.41) is 0.